The number of nitrogens with zero attached hydrogens (tertiary/aromatic N) is 2. The fraction of sp³-hybridized carbons (Fsp3) is 0.643. The predicted octanol–water partition coefficient (Wildman–Crippen LogP) is 2.68. The lowest BCUT2D eigenvalue weighted by molar-refractivity contribution is -0.0237. The molecule has 1 heterocycles. The number of thiophene rings is 1. The zero-order chi connectivity index (χ0) is 13.7. The molecule has 0 aliphatic heterocycles. The van der Waals surface area contributed by atoms with Crippen LogP contribution < -0.4 is 5.32 Å². The van der Waals surface area contributed by atoms with Gasteiger partial charge < -0.3 is 15.3 Å². The average Bonchev–Trinajstić information content (AvgIpc) is 2.84. The smallest absolute Gasteiger partial charge is 0.194 e. The molecule has 0 amide bonds. The lowest BCUT2D eigenvalue weighted by Gasteiger charge is -2.35. The van der Waals surface area contributed by atoms with Gasteiger partial charge in [0, 0.05) is 20.1 Å². The summed E-state index contributed by atoms with van der Waals surface area (Å²) in [4.78, 5) is 6.68. The predicted molar refractivity (Wildman–Crippen MR) is 96.0 cm³/mol. The van der Waals surface area contributed by atoms with Crippen LogP contribution in [0.3, 0.4) is 0 Å². The Hall–Kier alpha value is -0.340. The van der Waals surface area contributed by atoms with E-state index in [0.717, 1.165) is 38.3 Å². The van der Waals surface area contributed by atoms with E-state index in [4.69, 9.17) is 0 Å². The van der Waals surface area contributed by atoms with E-state index < -0.39 is 5.60 Å². The molecule has 6 heteroatoms. The van der Waals surface area contributed by atoms with Gasteiger partial charge in [-0.3, -0.25) is 4.99 Å². The van der Waals surface area contributed by atoms with Crippen molar-refractivity contribution in [3.63, 3.8) is 0 Å². The lowest BCUT2D eigenvalue weighted by Crippen LogP contribution is -2.43. The highest BCUT2D eigenvalue weighted by Gasteiger charge is 2.34. The van der Waals surface area contributed by atoms with Gasteiger partial charge in [0.1, 0.15) is 0 Å². The number of guanidine groups is 1. The Labute approximate surface area is 142 Å². The molecule has 1 aromatic rings. The molecule has 1 aliphatic carbocycles. The minimum atomic E-state index is -0.552. The minimum Gasteiger partial charge on any atom is -0.388 e. The topological polar surface area (TPSA) is 47.9 Å². The van der Waals surface area contributed by atoms with Gasteiger partial charge in [-0.25, -0.2) is 0 Å². The van der Waals surface area contributed by atoms with Crippen molar-refractivity contribution in [3.05, 3.63) is 22.4 Å². The fourth-order valence-electron chi connectivity index (χ4n) is 2.17. The molecular formula is C14H24IN3OS. The van der Waals surface area contributed by atoms with Gasteiger partial charge in [0.15, 0.2) is 5.96 Å². The van der Waals surface area contributed by atoms with E-state index in [2.05, 4.69) is 39.0 Å². The summed E-state index contributed by atoms with van der Waals surface area (Å²) in [6.45, 7) is 4.24. The number of nitrogens with one attached hydrogen (secondary N) is 1. The molecule has 2 N–H and O–H groups in total. The van der Waals surface area contributed by atoms with Crippen molar-refractivity contribution in [3.8, 4) is 0 Å². The number of aliphatic imine (C=N–C) groups is 1. The molecule has 0 atom stereocenters. The van der Waals surface area contributed by atoms with Gasteiger partial charge in [0.05, 0.1) is 12.1 Å². The summed E-state index contributed by atoms with van der Waals surface area (Å²) in [5, 5.41) is 17.6. The van der Waals surface area contributed by atoms with E-state index >= 15 is 0 Å². The van der Waals surface area contributed by atoms with Crippen LogP contribution in [0.15, 0.2) is 21.8 Å². The minimum absolute atomic E-state index is 0. The summed E-state index contributed by atoms with van der Waals surface area (Å²) >= 11 is 1.71. The highest BCUT2D eigenvalue weighted by molar-refractivity contribution is 14.0. The molecule has 114 valence electrons. The maximum Gasteiger partial charge on any atom is 0.194 e. The number of halogens is 1. The largest absolute Gasteiger partial charge is 0.388 e. The first kappa shape index (κ1) is 17.7. The van der Waals surface area contributed by atoms with Gasteiger partial charge in [-0.2, -0.15) is 11.3 Å². The molecule has 1 aromatic heterocycles. The summed E-state index contributed by atoms with van der Waals surface area (Å²) in [5.41, 5.74) is 0.740. The lowest BCUT2D eigenvalue weighted by atomic mass is 9.80. The van der Waals surface area contributed by atoms with Gasteiger partial charge in [0.25, 0.3) is 0 Å². The quantitative estimate of drug-likeness (QED) is 0.447. The number of hydrogen-bond acceptors (Lipinski definition) is 3. The first-order valence-electron chi connectivity index (χ1n) is 6.86. The molecule has 0 bridgehead atoms. The standard InChI is InChI=1S/C14H23N3OS.HI/c1-3-15-13(16-11-14(18)6-4-7-14)17(2)9-12-5-8-19-10-12;/h5,8,10,18H,3-4,6-7,9,11H2,1-2H3,(H,15,16);1H. The third kappa shape index (κ3) is 4.89. The van der Waals surface area contributed by atoms with Crippen LogP contribution in [-0.2, 0) is 6.54 Å². The van der Waals surface area contributed by atoms with Crippen molar-refractivity contribution in [2.24, 2.45) is 4.99 Å². The van der Waals surface area contributed by atoms with Crippen molar-refractivity contribution in [1.82, 2.24) is 10.2 Å². The maximum atomic E-state index is 10.1. The van der Waals surface area contributed by atoms with Gasteiger partial charge in [-0.05, 0) is 48.6 Å². The molecule has 2 rings (SSSR count). The molecule has 1 fully saturated rings. The van der Waals surface area contributed by atoms with E-state index in [9.17, 15) is 5.11 Å². The van der Waals surface area contributed by atoms with Crippen molar-refractivity contribution in [1.29, 1.82) is 0 Å². The van der Waals surface area contributed by atoms with Crippen molar-refractivity contribution in [2.75, 3.05) is 20.1 Å². The zero-order valence-corrected chi connectivity index (χ0v) is 15.3. The van der Waals surface area contributed by atoms with Gasteiger partial charge in [0.2, 0.25) is 0 Å². The SMILES string of the molecule is CCNC(=NCC1(O)CCC1)N(C)Cc1ccsc1.I. The molecule has 4 nitrogen and oxygen atoms in total. The summed E-state index contributed by atoms with van der Waals surface area (Å²) < 4.78 is 0. The second-order valence-corrected chi connectivity index (χ2v) is 6.02. The Morgan fingerprint density at radius 3 is 2.80 bits per heavy atom. The van der Waals surface area contributed by atoms with Crippen LogP contribution in [0.5, 0.6) is 0 Å². The van der Waals surface area contributed by atoms with Crippen LogP contribution in [0.1, 0.15) is 31.7 Å². The van der Waals surface area contributed by atoms with E-state index in [1.807, 2.05) is 7.05 Å². The normalized spacial score (nSPS) is 17.1. The number of aliphatic hydroxyl groups is 1. The second kappa shape index (κ2) is 8.19. The molecule has 0 unspecified atom stereocenters. The Bertz CT molecular complexity index is 418. The van der Waals surface area contributed by atoms with Crippen LogP contribution >= 0.6 is 35.3 Å². The molecule has 1 saturated carbocycles. The van der Waals surface area contributed by atoms with E-state index in [0.29, 0.717) is 6.54 Å². The first-order valence-corrected chi connectivity index (χ1v) is 7.80. The Morgan fingerprint density at radius 1 is 1.55 bits per heavy atom. The Kier molecular flexibility index (Phi) is 7.25. The van der Waals surface area contributed by atoms with Crippen LogP contribution in [0.2, 0.25) is 0 Å². The van der Waals surface area contributed by atoms with Crippen LogP contribution in [0.4, 0.5) is 0 Å². The Balaban J connectivity index is 0.00000200. The van der Waals surface area contributed by atoms with Crippen molar-refractivity contribution < 1.29 is 5.11 Å². The summed E-state index contributed by atoms with van der Waals surface area (Å²) in [5.74, 6) is 0.869. The van der Waals surface area contributed by atoms with Gasteiger partial charge in [-0.15, -0.1) is 24.0 Å². The fourth-order valence-corrected chi connectivity index (χ4v) is 2.83. The summed E-state index contributed by atoms with van der Waals surface area (Å²) in [6.07, 6.45) is 2.88. The molecule has 1 aliphatic rings. The monoisotopic (exact) mass is 409 g/mol. The van der Waals surface area contributed by atoms with Gasteiger partial charge >= 0.3 is 0 Å². The van der Waals surface area contributed by atoms with Crippen molar-refractivity contribution >= 4 is 41.3 Å². The Morgan fingerprint density at radius 2 is 2.30 bits per heavy atom. The average molecular weight is 409 g/mol. The molecular weight excluding hydrogens is 385 g/mol. The molecule has 0 saturated heterocycles. The zero-order valence-electron chi connectivity index (χ0n) is 12.1. The van der Waals surface area contributed by atoms with Crippen molar-refractivity contribution in [2.45, 2.75) is 38.3 Å². The second-order valence-electron chi connectivity index (χ2n) is 5.24. The highest BCUT2D eigenvalue weighted by atomic mass is 127. The number of hydrogen-bond donors (Lipinski definition) is 2. The molecule has 0 radical (unpaired) electrons. The molecule has 0 spiro atoms. The summed E-state index contributed by atoms with van der Waals surface area (Å²) in [7, 11) is 2.03. The third-order valence-electron chi connectivity index (χ3n) is 3.50. The van der Waals surface area contributed by atoms with E-state index in [1.54, 1.807) is 11.3 Å². The maximum absolute atomic E-state index is 10.1. The first-order chi connectivity index (χ1) is 9.13. The highest BCUT2D eigenvalue weighted by Crippen LogP contribution is 2.31. The molecule has 20 heavy (non-hydrogen) atoms. The summed E-state index contributed by atoms with van der Waals surface area (Å²) in [6, 6.07) is 2.13. The van der Waals surface area contributed by atoms with Crippen LogP contribution in [0.25, 0.3) is 0 Å². The van der Waals surface area contributed by atoms with E-state index in [-0.39, 0.29) is 24.0 Å². The molecule has 0 aromatic carbocycles. The van der Waals surface area contributed by atoms with E-state index in [1.165, 1.54) is 5.56 Å². The number of rotatable bonds is 5. The van der Waals surface area contributed by atoms with Gasteiger partial charge in [-0.1, -0.05) is 0 Å². The van der Waals surface area contributed by atoms with Crippen LogP contribution in [0, 0.1) is 0 Å². The third-order valence-corrected chi connectivity index (χ3v) is 4.24. The van der Waals surface area contributed by atoms with Crippen LogP contribution in [-0.4, -0.2) is 41.7 Å².